The Morgan fingerprint density at radius 2 is 2.13 bits per heavy atom. The molecule has 1 fully saturated rings. The maximum Gasteiger partial charge on any atom is 0.0620 e. The zero-order valence-corrected chi connectivity index (χ0v) is 10.5. The van der Waals surface area contributed by atoms with Gasteiger partial charge in [0.15, 0.2) is 0 Å². The Morgan fingerprint density at radius 3 is 2.67 bits per heavy atom. The number of ether oxygens (including phenoxy) is 1. The molecule has 0 spiro atoms. The summed E-state index contributed by atoms with van der Waals surface area (Å²) in [5.41, 5.74) is 0. The van der Waals surface area contributed by atoms with Crippen LogP contribution in [0.15, 0.2) is 0 Å². The number of nitrogens with zero attached hydrogens (tertiary/aromatic N) is 1. The van der Waals surface area contributed by atoms with Crippen molar-refractivity contribution in [1.82, 2.24) is 10.2 Å². The highest BCUT2D eigenvalue weighted by molar-refractivity contribution is 4.73. The summed E-state index contributed by atoms with van der Waals surface area (Å²) in [5, 5.41) is 3.50. The fourth-order valence-electron chi connectivity index (χ4n) is 2.26. The molecule has 0 saturated carbocycles. The van der Waals surface area contributed by atoms with Crippen molar-refractivity contribution >= 4 is 0 Å². The Balaban J connectivity index is 2.16. The molecule has 1 aliphatic heterocycles. The molecular formula is C12H26N2O. The minimum absolute atomic E-state index is 0.565. The van der Waals surface area contributed by atoms with Crippen LogP contribution < -0.4 is 5.32 Å². The summed E-state index contributed by atoms with van der Waals surface area (Å²) >= 11 is 0. The van der Waals surface area contributed by atoms with Crippen LogP contribution in [0.3, 0.4) is 0 Å². The van der Waals surface area contributed by atoms with Gasteiger partial charge in [0, 0.05) is 18.6 Å². The number of morpholine rings is 1. The van der Waals surface area contributed by atoms with Crippen molar-refractivity contribution in [2.24, 2.45) is 0 Å². The Kier molecular flexibility index (Phi) is 6.22. The van der Waals surface area contributed by atoms with Crippen LogP contribution in [0.4, 0.5) is 0 Å². The third-order valence-electron chi connectivity index (χ3n) is 3.39. The van der Waals surface area contributed by atoms with Crippen molar-refractivity contribution in [2.45, 2.75) is 45.2 Å². The fraction of sp³-hybridized carbons (Fsp3) is 1.00. The first kappa shape index (κ1) is 12.9. The van der Waals surface area contributed by atoms with E-state index in [1.807, 2.05) is 0 Å². The molecule has 3 heteroatoms. The summed E-state index contributed by atoms with van der Waals surface area (Å²) in [6.07, 6.45) is 3.70. The van der Waals surface area contributed by atoms with E-state index in [-0.39, 0.29) is 0 Å². The van der Waals surface area contributed by atoms with Crippen LogP contribution >= 0.6 is 0 Å². The van der Waals surface area contributed by atoms with E-state index in [1.165, 1.54) is 25.8 Å². The van der Waals surface area contributed by atoms with Crippen LogP contribution in [0.1, 0.15) is 33.1 Å². The second kappa shape index (κ2) is 7.20. The summed E-state index contributed by atoms with van der Waals surface area (Å²) in [6, 6.07) is 1.31. The number of nitrogens with one attached hydrogen (secondary N) is 1. The van der Waals surface area contributed by atoms with Crippen LogP contribution in [-0.2, 0) is 4.74 Å². The summed E-state index contributed by atoms with van der Waals surface area (Å²) < 4.78 is 5.45. The summed E-state index contributed by atoms with van der Waals surface area (Å²) in [7, 11) is 2.24. The molecule has 1 unspecified atom stereocenters. The normalized spacial score (nSPS) is 22.6. The Morgan fingerprint density at radius 1 is 1.40 bits per heavy atom. The third-order valence-corrected chi connectivity index (χ3v) is 3.39. The number of hydrogen-bond donors (Lipinski definition) is 1. The molecule has 3 nitrogen and oxygen atoms in total. The molecule has 0 bridgehead atoms. The molecule has 1 heterocycles. The van der Waals surface area contributed by atoms with E-state index in [9.17, 15) is 0 Å². The van der Waals surface area contributed by atoms with Gasteiger partial charge in [0.05, 0.1) is 13.2 Å². The van der Waals surface area contributed by atoms with Crippen molar-refractivity contribution < 1.29 is 4.74 Å². The minimum atomic E-state index is 0.565. The van der Waals surface area contributed by atoms with Gasteiger partial charge in [-0.1, -0.05) is 13.8 Å². The number of rotatable bonds is 6. The van der Waals surface area contributed by atoms with E-state index in [0.717, 1.165) is 25.8 Å². The van der Waals surface area contributed by atoms with Gasteiger partial charge in [-0.3, -0.25) is 0 Å². The van der Waals surface area contributed by atoms with E-state index < -0.39 is 0 Å². The molecule has 0 aromatic rings. The summed E-state index contributed by atoms with van der Waals surface area (Å²) in [6.45, 7) is 8.49. The highest BCUT2D eigenvalue weighted by Gasteiger charge is 2.15. The monoisotopic (exact) mass is 214 g/mol. The van der Waals surface area contributed by atoms with Gasteiger partial charge in [-0.05, 0) is 32.9 Å². The van der Waals surface area contributed by atoms with Crippen LogP contribution in [0.2, 0.25) is 0 Å². The standard InChI is InChI=1S/C12H26N2O/c1-4-12(5-2)14(3)8-6-11-10-15-9-7-13-11/h11-13H,4-10H2,1-3H3. The lowest BCUT2D eigenvalue weighted by molar-refractivity contribution is 0.0689. The van der Waals surface area contributed by atoms with Crippen molar-refractivity contribution in [3.8, 4) is 0 Å². The van der Waals surface area contributed by atoms with Gasteiger partial charge in [0.25, 0.3) is 0 Å². The van der Waals surface area contributed by atoms with Crippen molar-refractivity contribution in [1.29, 1.82) is 0 Å². The van der Waals surface area contributed by atoms with Crippen molar-refractivity contribution in [2.75, 3.05) is 33.4 Å². The summed E-state index contributed by atoms with van der Waals surface area (Å²) in [5.74, 6) is 0. The highest BCUT2D eigenvalue weighted by atomic mass is 16.5. The predicted octanol–water partition coefficient (Wildman–Crippen LogP) is 1.49. The third kappa shape index (κ3) is 4.49. The maximum absolute atomic E-state index is 5.45. The second-order valence-electron chi connectivity index (χ2n) is 4.47. The lowest BCUT2D eigenvalue weighted by Gasteiger charge is -2.29. The Hall–Kier alpha value is -0.120. The van der Waals surface area contributed by atoms with Crippen molar-refractivity contribution in [3.05, 3.63) is 0 Å². The van der Waals surface area contributed by atoms with Gasteiger partial charge >= 0.3 is 0 Å². The minimum Gasteiger partial charge on any atom is -0.379 e. The average molecular weight is 214 g/mol. The van der Waals surface area contributed by atoms with Gasteiger partial charge in [-0.15, -0.1) is 0 Å². The first-order valence-corrected chi connectivity index (χ1v) is 6.29. The van der Waals surface area contributed by atoms with Gasteiger partial charge in [0.2, 0.25) is 0 Å². The second-order valence-corrected chi connectivity index (χ2v) is 4.47. The van der Waals surface area contributed by atoms with E-state index in [0.29, 0.717) is 6.04 Å². The largest absolute Gasteiger partial charge is 0.379 e. The molecule has 90 valence electrons. The van der Waals surface area contributed by atoms with Crippen LogP contribution in [-0.4, -0.2) is 50.3 Å². The smallest absolute Gasteiger partial charge is 0.0620 e. The molecule has 1 atom stereocenters. The van der Waals surface area contributed by atoms with E-state index >= 15 is 0 Å². The van der Waals surface area contributed by atoms with Gasteiger partial charge in [0.1, 0.15) is 0 Å². The molecule has 0 aliphatic carbocycles. The molecule has 0 radical (unpaired) electrons. The molecule has 1 N–H and O–H groups in total. The van der Waals surface area contributed by atoms with Gasteiger partial charge < -0.3 is 15.0 Å². The average Bonchev–Trinajstić information content (AvgIpc) is 2.29. The van der Waals surface area contributed by atoms with Crippen LogP contribution in [0.25, 0.3) is 0 Å². The van der Waals surface area contributed by atoms with E-state index in [4.69, 9.17) is 4.74 Å². The quantitative estimate of drug-likeness (QED) is 0.725. The van der Waals surface area contributed by atoms with Crippen LogP contribution in [0, 0.1) is 0 Å². The fourth-order valence-corrected chi connectivity index (χ4v) is 2.26. The molecule has 1 rings (SSSR count). The lowest BCUT2D eigenvalue weighted by atomic mass is 10.1. The lowest BCUT2D eigenvalue weighted by Crippen LogP contribution is -2.43. The first-order chi connectivity index (χ1) is 7.27. The topological polar surface area (TPSA) is 24.5 Å². The van der Waals surface area contributed by atoms with Crippen molar-refractivity contribution in [3.63, 3.8) is 0 Å². The predicted molar refractivity (Wildman–Crippen MR) is 64.2 cm³/mol. The van der Waals surface area contributed by atoms with E-state index in [2.05, 4.69) is 31.1 Å². The van der Waals surface area contributed by atoms with Gasteiger partial charge in [-0.2, -0.15) is 0 Å². The number of hydrogen-bond acceptors (Lipinski definition) is 3. The molecular weight excluding hydrogens is 188 g/mol. The summed E-state index contributed by atoms with van der Waals surface area (Å²) in [4.78, 5) is 2.48. The van der Waals surface area contributed by atoms with Gasteiger partial charge in [-0.25, -0.2) is 0 Å². The molecule has 0 aromatic carbocycles. The van der Waals surface area contributed by atoms with E-state index in [1.54, 1.807) is 0 Å². The molecule has 1 saturated heterocycles. The molecule has 0 amide bonds. The van der Waals surface area contributed by atoms with Crippen LogP contribution in [0.5, 0.6) is 0 Å². The first-order valence-electron chi connectivity index (χ1n) is 6.29. The molecule has 15 heavy (non-hydrogen) atoms. The SMILES string of the molecule is CCC(CC)N(C)CCC1COCCN1. The highest BCUT2D eigenvalue weighted by Crippen LogP contribution is 2.08. The zero-order chi connectivity index (χ0) is 11.1. The molecule has 0 aromatic heterocycles. The maximum atomic E-state index is 5.45. The Bertz CT molecular complexity index is 154. The zero-order valence-electron chi connectivity index (χ0n) is 10.5. The molecule has 1 aliphatic rings. The Labute approximate surface area is 94.2 Å².